The van der Waals surface area contributed by atoms with Gasteiger partial charge in [0.2, 0.25) is 0 Å². The molecule has 1 aromatic rings. The van der Waals surface area contributed by atoms with Gasteiger partial charge < -0.3 is 10.1 Å². The van der Waals surface area contributed by atoms with Gasteiger partial charge in [0.15, 0.2) is 0 Å². The standard InChI is InChI=1S/C15H21F2NO/c1-3-18-14(15(2)7-4-8-19-15)10-11-9-12(16)5-6-13(11)17/h5-6,9,14,18H,3-4,7-8,10H2,1-2H3. The zero-order valence-corrected chi connectivity index (χ0v) is 11.5. The summed E-state index contributed by atoms with van der Waals surface area (Å²) in [5.74, 6) is -0.755. The minimum atomic E-state index is -0.399. The Bertz CT molecular complexity index is 430. The molecule has 1 saturated heterocycles. The second-order valence-electron chi connectivity index (χ2n) is 5.31. The first kappa shape index (κ1) is 14.4. The van der Waals surface area contributed by atoms with Crippen LogP contribution in [0.25, 0.3) is 0 Å². The Morgan fingerprint density at radius 2 is 2.21 bits per heavy atom. The van der Waals surface area contributed by atoms with E-state index in [4.69, 9.17) is 4.74 Å². The highest BCUT2D eigenvalue weighted by Gasteiger charge is 2.38. The van der Waals surface area contributed by atoms with Gasteiger partial charge in [-0.2, -0.15) is 0 Å². The maximum atomic E-state index is 13.7. The van der Waals surface area contributed by atoms with Gasteiger partial charge in [0, 0.05) is 12.6 Å². The fourth-order valence-electron chi connectivity index (χ4n) is 2.75. The SMILES string of the molecule is CCNC(Cc1cc(F)ccc1F)C1(C)CCCO1. The van der Waals surface area contributed by atoms with Crippen molar-refractivity contribution in [1.29, 1.82) is 0 Å². The Balaban J connectivity index is 2.18. The van der Waals surface area contributed by atoms with Crippen LogP contribution in [-0.2, 0) is 11.2 Å². The van der Waals surface area contributed by atoms with Gasteiger partial charge in [-0.05, 0) is 56.5 Å². The van der Waals surface area contributed by atoms with Crippen LogP contribution in [-0.4, -0.2) is 24.8 Å². The quantitative estimate of drug-likeness (QED) is 0.887. The molecule has 1 fully saturated rings. The predicted octanol–water partition coefficient (Wildman–Crippen LogP) is 3.05. The van der Waals surface area contributed by atoms with Gasteiger partial charge in [0.05, 0.1) is 5.60 Å². The Morgan fingerprint density at radius 1 is 1.42 bits per heavy atom. The second kappa shape index (κ2) is 5.97. The lowest BCUT2D eigenvalue weighted by atomic mass is 9.88. The molecule has 0 radical (unpaired) electrons. The van der Waals surface area contributed by atoms with Crippen LogP contribution in [0.15, 0.2) is 18.2 Å². The fraction of sp³-hybridized carbons (Fsp3) is 0.600. The summed E-state index contributed by atoms with van der Waals surface area (Å²) in [5, 5.41) is 3.35. The first-order valence-electron chi connectivity index (χ1n) is 6.86. The number of hydrogen-bond acceptors (Lipinski definition) is 2. The molecule has 19 heavy (non-hydrogen) atoms. The number of benzene rings is 1. The lowest BCUT2D eigenvalue weighted by Crippen LogP contribution is -2.49. The van der Waals surface area contributed by atoms with Crippen molar-refractivity contribution >= 4 is 0 Å². The van der Waals surface area contributed by atoms with E-state index in [1.54, 1.807) is 0 Å². The highest BCUT2D eigenvalue weighted by atomic mass is 19.1. The number of halogens is 2. The fourth-order valence-corrected chi connectivity index (χ4v) is 2.75. The number of ether oxygens (including phenoxy) is 1. The smallest absolute Gasteiger partial charge is 0.126 e. The van der Waals surface area contributed by atoms with E-state index in [9.17, 15) is 8.78 Å². The lowest BCUT2D eigenvalue weighted by molar-refractivity contribution is -0.0112. The van der Waals surface area contributed by atoms with Gasteiger partial charge in [0.1, 0.15) is 11.6 Å². The molecule has 106 valence electrons. The number of rotatable bonds is 5. The number of likely N-dealkylation sites (N-methyl/N-ethyl adjacent to an activating group) is 1. The Morgan fingerprint density at radius 3 is 2.84 bits per heavy atom. The Labute approximate surface area is 113 Å². The summed E-state index contributed by atoms with van der Waals surface area (Å²) < 4.78 is 32.8. The van der Waals surface area contributed by atoms with Crippen LogP contribution >= 0.6 is 0 Å². The summed E-state index contributed by atoms with van der Waals surface area (Å²) in [6.45, 7) is 5.57. The van der Waals surface area contributed by atoms with Gasteiger partial charge in [-0.3, -0.25) is 0 Å². The molecule has 1 aliphatic heterocycles. The normalized spacial score (nSPS) is 24.6. The molecule has 0 spiro atoms. The molecule has 0 amide bonds. The van der Waals surface area contributed by atoms with Gasteiger partial charge in [-0.15, -0.1) is 0 Å². The summed E-state index contributed by atoms with van der Waals surface area (Å²) in [6.07, 6.45) is 2.40. The molecule has 2 nitrogen and oxygen atoms in total. The molecule has 1 aromatic carbocycles. The second-order valence-corrected chi connectivity index (χ2v) is 5.31. The topological polar surface area (TPSA) is 21.3 Å². The summed E-state index contributed by atoms with van der Waals surface area (Å²) in [5.41, 5.74) is 0.108. The summed E-state index contributed by atoms with van der Waals surface area (Å²) in [4.78, 5) is 0. The van der Waals surface area contributed by atoms with Crippen molar-refractivity contribution in [1.82, 2.24) is 5.32 Å². The molecule has 2 atom stereocenters. The van der Waals surface area contributed by atoms with Crippen LogP contribution in [0.1, 0.15) is 32.3 Å². The van der Waals surface area contributed by atoms with Crippen LogP contribution in [0.5, 0.6) is 0 Å². The minimum Gasteiger partial charge on any atom is -0.374 e. The monoisotopic (exact) mass is 269 g/mol. The molecule has 1 N–H and O–H groups in total. The first-order valence-corrected chi connectivity index (χ1v) is 6.86. The van der Waals surface area contributed by atoms with Crippen molar-refractivity contribution in [3.8, 4) is 0 Å². The predicted molar refractivity (Wildman–Crippen MR) is 71.1 cm³/mol. The van der Waals surface area contributed by atoms with Crippen LogP contribution in [0.2, 0.25) is 0 Å². The lowest BCUT2D eigenvalue weighted by Gasteiger charge is -2.34. The van der Waals surface area contributed by atoms with Crippen LogP contribution in [0, 0.1) is 11.6 Å². The minimum absolute atomic E-state index is 0.00343. The van der Waals surface area contributed by atoms with Crippen molar-refractivity contribution in [3.63, 3.8) is 0 Å². The van der Waals surface area contributed by atoms with Crippen molar-refractivity contribution in [2.24, 2.45) is 0 Å². The van der Waals surface area contributed by atoms with Gasteiger partial charge in [-0.1, -0.05) is 6.92 Å². The first-order chi connectivity index (χ1) is 9.05. The molecular weight excluding hydrogens is 248 g/mol. The molecular formula is C15H21F2NO. The molecule has 2 rings (SSSR count). The van der Waals surface area contributed by atoms with E-state index in [2.05, 4.69) is 5.32 Å². The zero-order valence-electron chi connectivity index (χ0n) is 11.5. The Hall–Kier alpha value is -1.00. The van der Waals surface area contributed by atoms with E-state index in [-0.39, 0.29) is 17.5 Å². The average molecular weight is 269 g/mol. The third-order valence-electron chi connectivity index (χ3n) is 3.87. The third kappa shape index (κ3) is 3.31. The van der Waals surface area contributed by atoms with E-state index >= 15 is 0 Å². The summed E-state index contributed by atoms with van der Waals surface area (Å²) in [7, 11) is 0. The van der Waals surface area contributed by atoms with E-state index in [1.807, 2.05) is 13.8 Å². The van der Waals surface area contributed by atoms with E-state index in [1.165, 1.54) is 12.1 Å². The number of nitrogens with one attached hydrogen (secondary N) is 1. The third-order valence-corrected chi connectivity index (χ3v) is 3.87. The molecule has 0 saturated carbocycles. The van der Waals surface area contributed by atoms with Gasteiger partial charge in [0.25, 0.3) is 0 Å². The molecule has 2 unspecified atom stereocenters. The van der Waals surface area contributed by atoms with Crippen molar-refractivity contribution in [2.75, 3.05) is 13.2 Å². The molecule has 0 aliphatic carbocycles. The van der Waals surface area contributed by atoms with E-state index in [0.29, 0.717) is 12.0 Å². The summed E-state index contributed by atoms with van der Waals surface area (Å²) in [6, 6.07) is 3.61. The van der Waals surface area contributed by atoms with Crippen LogP contribution in [0.4, 0.5) is 8.78 Å². The number of hydrogen-bond donors (Lipinski definition) is 1. The van der Waals surface area contributed by atoms with E-state index in [0.717, 1.165) is 32.1 Å². The highest BCUT2D eigenvalue weighted by Crippen LogP contribution is 2.30. The van der Waals surface area contributed by atoms with Crippen molar-refractivity contribution < 1.29 is 13.5 Å². The van der Waals surface area contributed by atoms with Crippen LogP contribution < -0.4 is 5.32 Å². The highest BCUT2D eigenvalue weighted by molar-refractivity contribution is 5.21. The van der Waals surface area contributed by atoms with Crippen molar-refractivity contribution in [2.45, 2.75) is 44.8 Å². The van der Waals surface area contributed by atoms with Crippen molar-refractivity contribution in [3.05, 3.63) is 35.4 Å². The maximum Gasteiger partial charge on any atom is 0.126 e. The average Bonchev–Trinajstić information content (AvgIpc) is 2.81. The largest absolute Gasteiger partial charge is 0.374 e. The van der Waals surface area contributed by atoms with Crippen LogP contribution in [0.3, 0.4) is 0 Å². The molecule has 1 aliphatic rings. The molecule has 4 heteroatoms. The van der Waals surface area contributed by atoms with E-state index < -0.39 is 5.82 Å². The summed E-state index contributed by atoms with van der Waals surface area (Å²) >= 11 is 0. The molecule has 1 heterocycles. The Kier molecular flexibility index (Phi) is 4.53. The zero-order chi connectivity index (χ0) is 13.9. The molecule has 0 aromatic heterocycles. The molecule has 0 bridgehead atoms. The maximum absolute atomic E-state index is 13.7. The van der Waals surface area contributed by atoms with Gasteiger partial charge >= 0.3 is 0 Å². The van der Waals surface area contributed by atoms with Gasteiger partial charge in [-0.25, -0.2) is 8.78 Å².